The van der Waals surface area contributed by atoms with Gasteiger partial charge in [-0.15, -0.1) is 0 Å². The summed E-state index contributed by atoms with van der Waals surface area (Å²) in [5, 5.41) is 5.42. The van der Waals surface area contributed by atoms with Crippen molar-refractivity contribution in [1.82, 2.24) is 9.62 Å². The van der Waals surface area contributed by atoms with Gasteiger partial charge >= 0.3 is 6.03 Å². The number of amides is 2. The number of hydrogen-bond donors (Lipinski definition) is 2. The molecule has 1 aliphatic rings. The SMILES string of the molecule is CS(=O)(=O)N1CCCC1CNC(=O)Nc1ccccc1. The first-order valence-corrected chi connectivity index (χ1v) is 8.38. The molecule has 6 nitrogen and oxygen atoms in total. The van der Waals surface area contributed by atoms with Crippen LogP contribution in [0.3, 0.4) is 0 Å². The number of carbonyl (C=O) groups excluding carboxylic acids is 1. The molecular formula is C13H19N3O3S. The van der Waals surface area contributed by atoms with Crippen LogP contribution in [0, 0.1) is 0 Å². The summed E-state index contributed by atoms with van der Waals surface area (Å²) in [6, 6.07) is 8.64. The smallest absolute Gasteiger partial charge is 0.319 e. The number of nitrogens with zero attached hydrogens (tertiary/aromatic N) is 1. The third-order valence-electron chi connectivity index (χ3n) is 3.28. The highest BCUT2D eigenvalue weighted by atomic mass is 32.2. The van der Waals surface area contributed by atoms with Gasteiger partial charge in [0.15, 0.2) is 0 Å². The van der Waals surface area contributed by atoms with Crippen LogP contribution in [0.25, 0.3) is 0 Å². The lowest BCUT2D eigenvalue weighted by Crippen LogP contribution is -2.43. The van der Waals surface area contributed by atoms with Crippen LogP contribution in [-0.4, -0.2) is 44.1 Å². The number of sulfonamides is 1. The zero-order chi connectivity index (χ0) is 14.6. The molecule has 1 unspecified atom stereocenters. The number of nitrogens with one attached hydrogen (secondary N) is 2. The lowest BCUT2D eigenvalue weighted by Gasteiger charge is -2.22. The molecule has 1 heterocycles. The maximum absolute atomic E-state index is 11.7. The van der Waals surface area contributed by atoms with E-state index in [0.29, 0.717) is 18.8 Å². The molecule has 0 saturated carbocycles. The molecule has 2 N–H and O–H groups in total. The number of hydrogen-bond acceptors (Lipinski definition) is 3. The fourth-order valence-electron chi connectivity index (χ4n) is 2.36. The fraction of sp³-hybridized carbons (Fsp3) is 0.462. The number of para-hydroxylation sites is 1. The van der Waals surface area contributed by atoms with Gasteiger partial charge in [0.2, 0.25) is 10.0 Å². The number of carbonyl (C=O) groups is 1. The van der Waals surface area contributed by atoms with E-state index in [4.69, 9.17) is 0 Å². The average molecular weight is 297 g/mol. The fourth-order valence-corrected chi connectivity index (χ4v) is 3.54. The Morgan fingerprint density at radius 3 is 2.70 bits per heavy atom. The predicted octanol–water partition coefficient (Wildman–Crippen LogP) is 1.23. The van der Waals surface area contributed by atoms with Gasteiger partial charge in [-0.25, -0.2) is 13.2 Å². The number of urea groups is 1. The van der Waals surface area contributed by atoms with E-state index in [1.165, 1.54) is 10.6 Å². The van der Waals surface area contributed by atoms with Crippen LogP contribution in [0.4, 0.5) is 10.5 Å². The van der Waals surface area contributed by atoms with Crippen LogP contribution in [0.2, 0.25) is 0 Å². The van der Waals surface area contributed by atoms with Crippen molar-refractivity contribution in [3.8, 4) is 0 Å². The molecule has 0 aromatic heterocycles. The lowest BCUT2D eigenvalue weighted by atomic mass is 10.2. The normalized spacial score (nSPS) is 19.8. The van der Waals surface area contributed by atoms with Crippen LogP contribution < -0.4 is 10.6 Å². The molecule has 1 aliphatic heterocycles. The lowest BCUT2D eigenvalue weighted by molar-refractivity contribution is 0.249. The molecule has 2 amide bonds. The van der Waals surface area contributed by atoms with E-state index in [0.717, 1.165) is 12.8 Å². The quantitative estimate of drug-likeness (QED) is 0.877. The van der Waals surface area contributed by atoms with E-state index < -0.39 is 10.0 Å². The Labute approximate surface area is 119 Å². The van der Waals surface area contributed by atoms with Crippen LogP contribution in [-0.2, 0) is 10.0 Å². The standard InChI is InChI=1S/C13H19N3O3S/c1-20(18,19)16-9-5-8-12(16)10-14-13(17)15-11-6-3-2-4-7-11/h2-4,6-7,12H,5,8-10H2,1H3,(H2,14,15,17). The van der Waals surface area contributed by atoms with Crippen LogP contribution in [0.15, 0.2) is 30.3 Å². The monoisotopic (exact) mass is 297 g/mol. The van der Waals surface area contributed by atoms with Crippen LogP contribution in [0.1, 0.15) is 12.8 Å². The van der Waals surface area contributed by atoms with Crippen molar-refractivity contribution in [3.63, 3.8) is 0 Å². The molecular weight excluding hydrogens is 278 g/mol. The highest BCUT2D eigenvalue weighted by Gasteiger charge is 2.31. The number of rotatable bonds is 4. The molecule has 1 fully saturated rings. The van der Waals surface area contributed by atoms with Gasteiger partial charge in [-0.2, -0.15) is 4.31 Å². The van der Waals surface area contributed by atoms with E-state index in [2.05, 4.69) is 10.6 Å². The van der Waals surface area contributed by atoms with Gasteiger partial charge < -0.3 is 10.6 Å². The minimum atomic E-state index is -3.20. The third kappa shape index (κ3) is 3.94. The summed E-state index contributed by atoms with van der Waals surface area (Å²) in [6.45, 7) is 0.858. The number of benzene rings is 1. The highest BCUT2D eigenvalue weighted by molar-refractivity contribution is 7.88. The largest absolute Gasteiger partial charge is 0.336 e. The maximum atomic E-state index is 11.7. The molecule has 1 saturated heterocycles. The molecule has 0 aliphatic carbocycles. The zero-order valence-electron chi connectivity index (χ0n) is 11.4. The average Bonchev–Trinajstić information content (AvgIpc) is 2.86. The number of anilines is 1. The minimum absolute atomic E-state index is 0.147. The summed E-state index contributed by atoms with van der Waals surface area (Å²) >= 11 is 0. The van der Waals surface area contributed by atoms with Gasteiger partial charge in [0.25, 0.3) is 0 Å². The summed E-state index contributed by atoms with van der Waals surface area (Å²) in [5.41, 5.74) is 0.705. The van der Waals surface area contributed by atoms with Crippen molar-refractivity contribution in [2.45, 2.75) is 18.9 Å². The second-order valence-corrected chi connectivity index (χ2v) is 6.81. The first-order valence-electron chi connectivity index (χ1n) is 6.53. The molecule has 0 bridgehead atoms. The van der Waals surface area contributed by atoms with E-state index in [-0.39, 0.29) is 12.1 Å². The Kier molecular flexibility index (Phi) is 4.61. The van der Waals surface area contributed by atoms with Crippen molar-refractivity contribution in [1.29, 1.82) is 0 Å². The highest BCUT2D eigenvalue weighted by Crippen LogP contribution is 2.19. The molecule has 2 rings (SSSR count). The summed E-state index contributed by atoms with van der Waals surface area (Å²) in [4.78, 5) is 11.7. The molecule has 110 valence electrons. The second-order valence-electron chi connectivity index (χ2n) is 4.87. The summed E-state index contributed by atoms with van der Waals surface area (Å²) < 4.78 is 24.6. The van der Waals surface area contributed by atoms with E-state index in [1.807, 2.05) is 18.2 Å². The summed E-state index contributed by atoms with van der Waals surface area (Å²) in [7, 11) is -3.20. The maximum Gasteiger partial charge on any atom is 0.319 e. The molecule has 1 aromatic rings. The topological polar surface area (TPSA) is 78.5 Å². The van der Waals surface area contributed by atoms with E-state index in [9.17, 15) is 13.2 Å². The van der Waals surface area contributed by atoms with Crippen molar-refractivity contribution in [2.75, 3.05) is 24.7 Å². The molecule has 1 atom stereocenters. The Morgan fingerprint density at radius 1 is 1.35 bits per heavy atom. The minimum Gasteiger partial charge on any atom is -0.336 e. The van der Waals surface area contributed by atoms with Crippen LogP contribution >= 0.6 is 0 Å². The summed E-state index contributed by atoms with van der Waals surface area (Å²) in [6.07, 6.45) is 2.81. The van der Waals surface area contributed by atoms with Gasteiger partial charge in [0, 0.05) is 24.8 Å². The van der Waals surface area contributed by atoms with Crippen molar-refractivity contribution in [3.05, 3.63) is 30.3 Å². The van der Waals surface area contributed by atoms with Crippen molar-refractivity contribution in [2.24, 2.45) is 0 Å². The van der Waals surface area contributed by atoms with Gasteiger partial charge in [-0.3, -0.25) is 0 Å². The zero-order valence-corrected chi connectivity index (χ0v) is 12.2. The molecule has 1 aromatic carbocycles. The van der Waals surface area contributed by atoms with E-state index in [1.54, 1.807) is 12.1 Å². The Morgan fingerprint density at radius 2 is 2.05 bits per heavy atom. The Balaban J connectivity index is 1.84. The van der Waals surface area contributed by atoms with E-state index >= 15 is 0 Å². The van der Waals surface area contributed by atoms with Crippen LogP contribution in [0.5, 0.6) is 0 Å². The van der Waals surface area contributed by atoms with Gasteiger partial charge in [0.1, 0.15) is 0 Å². The third-order valence-corrected chi connectivity index (χ3v) is 4.61. The molecule has 0 spiro atoms. The first kappa shape index (κ1) is 14.8. The Hall–Kier alpha value is -1.60. The molecule has 20 heavy (non-hydrogen) atoms. The Bertz CT molecular complexity index is 559. The summed E-state index contributed by atoms with van der Waals surface area (Å²) in [5.74, 6) is 0. The van der Waals surface area contributed by atoms with Crippen molar-refractivity contribution >= 4 is 21.7 Å². The first-order chi connectivity index (χ1) is 9.47. The van der Waals surface area contributed by atoms with Gasteiger partial charge in [-0.1, -0.05) is 18.2 Å². The van der Waals surface area contributed by atoms with Gasteiger partial charge in [-0.05, 0) is 25.0 Å². The van der Waals surface area contributed by atoms with Crippen molar-refractivity contribution < 1.29 is 13.2 Å². The molecule has 0 radical (unpaired) electrons. The predicted molar refractivity (Wildman–Crippen MR) is 78.0 cm³/mol. The molecule has 7 heteroatoms. The van der Waals surface area contributed by atoms with Gasteiger partial charge in [0.05, 0.1) is 6.26 Å². The second kappa shape index (κ2) is 6.23.